The van der Waals surface area contributed by atoms with Gasteiger partial charge in [0.15, 0.2) is 0 Å². The van der Waals surface area contributed by atoms with Gasteiger partial charge in [-0.25, -0.2) is 9.69 Å². The van der Waals surface area contributed by atoms with Crippen molar-refractivity contribution in [1.82, 2.24) is 15.3 Å². The monoisotopic (exact) mass is 628 g/mol. The summed E-state index contributed by atoms with van der Waals surface area (Å²) in [7, 11) is 0. The number of carbonyl (C=O) groups is 2. The lowest BCUT2D eigenvalue weighted by atomic mass is 9.69. The number of aromatic nitrogens is 2. The second-order valence-electron chi connectivity index (χ2n) is 10.6. The van der Waals surface area contributed by atoms with Gasteiger partial charge in [-0.05, 0) is 87.0 Å². The van der Waals surface area contributed by atoms with Crippen molar-refractivity contribution in [2.45, 2.75) is 69.3 Å². The molecule has 0 spiro atoms. The van der Waals surface area contributed by atoms with Gasteiger partial charge in [0.2, 0.25) is 0 Å². The summed E-state index contributed by atoms with van der Waals surface area (Å²) in [4.78, 5) is 42.7. The summed E-state index contributed by atoms with van der Waals surface area (Å²) in [6.45, 7) is 14.9. The first-order valence-electron chi connectivity index (χ1n) is 14.8. The van der Waals surface area contributed by atoms with Crippen LogP contribution in [0.4, 0.5) is 35.0 Å². The molecule has 0 radical (unpaired) electrons. The molecule has 44 heavy (non-hydrogen) atoms. The smallest absolute Gasteiger partial charge is 0.371 e. The highest BCUT2D eigenvalue weighted by Crippen LogP contribution is 2.48. The Morgan fingerprint density at radius 2 is 1.27 bits per heavy atom. The van der Waals surface area contributed by atoms with Gasteiger partial charge >= 0.3 is 11.5 Å². The number of amides is 3. The molecular formula is C32H39F3N6O2S. The highest BCUT2D eigenvalue weighted by molar-refractivity contribution is 8.00. The summed E-state index contributed by atoms with van der Waals surface area (Å²) >= 11 is -0.250. The van der Waals surface area contributed by atoms with Crippen molar-refractivity contribution in [3.8, 4) is 0 Å². The van der Waals surface area contributed by atoms with Crippen LogP contribution in [0.1, 0.15) is 64.5 Å². The van der Waals surface area contributed by atoms with Crippen LogP contribution < -0.4 is 20.0 Å². The van der Waals surface area contributed by atoms with E-state index in [9.17, 15) is 22.8 Å². The third kappa shape index (κ3) is 6.22. The predicted molar refractivity (Wildman–Crippen MR) is 170 cm³/mol. The molecule has 1 N–H and O–H groups in total. The van der Waals surface area contributed by atoms with Crippen LogP contribution in [0.25, 0.3) is 0 Å². The van der Waals surface area contributed by atoms with Crippen LogP contribution in [0.3, 0.4) is 0 Å². The van der Waals surface area contributed by atoms with E-state index < -0.39 is 34.8 Å². The van der Waals surface area contributed by atoms with Crippen molar-refractivity contribution >= 4 is 40.8 Å². The maximum absolute atomic E-state index is 14.8. The molecule has 8 nitrogen and oxygen atoms in total. The Bertz CT molecular complexity index is 1400. The minimum Gasteiger partial charge on any atom is -0.371 e. The van der Waals surface area contributed by atoms with Gasteiger partial charge in [0.05, 0.1) is 29.5 Å². The second-order valence-corrected chi connectivity index (χ2v) is 11.8. The zero-order valence-electron chi connectivity index (χ0n) is 25.9. The highest BCUT2D eigenvalue weighted by Gasteiger charge is 2.59. The molecule has 1 aromatic carbocycles. The molecule has 1 saturated heterocycles. The van der Waals surface area contributed by atoms with Gasteiger partial charge in [0.1, 0.15) is 5.54 Å². The first kappa shape index (κ1) is 33.1. The average Bonchev–Trinajstić information content (AvgIpc) is 3.28. The maximum Gasteiger partial charge on any atom is 0.446 e. The first-order chi connectivity index (χ1) is 20.9. The lowest BCUT2D eigenvalue weighted by Crippen LogP contribution is -2.55. The lowest BCUT2D eigenvalue weighted by Gasteiger charge is -2.41. The molecule has 2 aromatic heterocycles. The summed E-state index contributed by atoms with van der Waals surface area (Å²) < 4.78 is 38.9. The molecule has 1 aliphatic heterocycles. The summed E-state index contributed by atoms with van der Waals surface area (Å²) in [5.41, 5.74) is -2.29. The number of nitrogens with zero attached hydrogens (tertiary/aromatic N) is 5. The molecule has 2 atom stereocenters. The van der Waals surface area contributed by atoms with E-state index in [0.29, 0.717) is 0 Å². The predicted octanol–water partition coefficient (Wildman–Crippen LogP) is 7.18. The summed E-state index contributed by atoms with van der Waals surface area (Å²) in [6, 6.07) is 8.41. The van der Waals surface area contributed by atoms with E-state index >= 15 is 0 Å². The minimum absolute atomic E-state index is 0.0393. The SMILES string of the molecule is CCN(CC)c1cnccc1C(C)C1(C(C)c2ccncc2N(CC)CC)NC(=O)N(c2ccc(SC(F)(F)F)cc2)C1=O. The van der Waals surface area contributed by atoms with Crippen molar-refractivity contribution in [2.24, 2.45) is 0 Å². The number of halogens is 3. The highest BCUT2D eigenvalue weighted by atomic mass is 32.2. The number of benzene rings is 1. The van der Waals surface area contributed by atoms with E-state index in [2.05, 4.69) is 25.1 Å². The van der Waals surface area contributed by atoms with E-state index in [1.54, 1.807) is 24.8 Å². The average molecular weight is 629 g/mol. The quantitative estimate of drug-likeness (QED) is 0.168. The van der Waals surface area contributed by atoms with E-state index in [0.717, 1.165) is 53.6 Å². The normalized spacial score (nSPS) is 18.2. The molecule has 236 valence electrons. The van der Waals surface area contributed by atoms with Gasteiger partial charge < -0.3 is 15.1 Å². The zero-order valence-corrected chi connectivity index (χ0v) is 26.7. The number of alkyl halides is 3. The summed E-state index contributed by atoms with van der Waals surface area (Å²) in [5.74, 6) is -1.55. The van der Waals surface area contributed by atoms with Gasteiger partial charge in [-0.15, -0.1) is 0 Å². The Morgan fingerprint density at radius 1 is 0.818 bits per heavy atom. The molecule has 3 aromatic rings. The van der Waals surface area contributed by atoms with Crippen LogP contribution in [0.2, 0.25) is 0 Å². The van der Waals surface area contributed by atoms with Crippen molar-refractivity contribution < 1.29 is 22.8 Å². The van der Waals surface area contributed by atoms with Crippen LogP contribution in [0.15, 0.2) is 66.1 Å². The summed E-state index contributed by atoms with van der Waals surface area (Å²) in [5, 5.41) is 3.09. The number of urea groups is 1. The molecule has 0 aliphatic carbocycles. The van der Waals surface area contributed by atoms with Crippen LogP contribution in [-0.2, 0) is 4.79 Å². The maximum atomic E-state index is 14.8. The van der Waals surface area contributed by atoms with Crippen LogP contribution in [0, 0.1) is 0 Å². The Labute approximate surface area is 261 Å². The van der Waals surface area contributed by atoms with Crippen LogP contribution in [0.5, 0.6) is 0 Å². The molecule has 1 aliphatic rings. The number of hydrogen-bond acceptors (Lipinski definition) is 7. The van der Waals surface area contributed by atoms with Crippen molar-refractivity contribution in [1.29, 1.82) is 0 Å². The molecule has 12 heteroatoms. The third-order valence-electron chi connectivity index (χ3n) is 8.58. The topological polar surface area (TPSA) is 81.7 Å². The number of thioether (sulfide) groups is 1. The summed E-state index contributed by atoms with van der Waals surface area (Å²) in [6.07, 6.45) is 6.92. The largest absolute Gasteiger partial charge is 0.446 e. The Balaban J connectivity index is 1.90. The molecule has 0 bridgehead atoms. The van der Waals surface area contributed by atoms with E-state index in [4.69, 9.17) is 0 Å². The van der Waals surface area contributed by atoms with E-state index in [1.165, 1.54) is 24.3 Å². The fraction of sp³-hybridized carbons (Fsp3) is 0.438. The molecule has 4 rings (SSSR count). The zero-order chi connectivity index (χ0) is 32.2. The minimum atomic E-state index is -4.46. The Kier molecular flexibility index (Phi) is 10.1. The number of hydrogen-bond donors (Lipinski definition) is 1. The standard InChI is InChI=1S/C32H39F3N6O2S/c1-7-39(8-2)27-19-36-17-15-25(27)21(5)31(22(6)26-16-18-37-20-28(26)40(9-3)10-4)29(42)41(30(43)38-31)23-11-13-24(14-12-23)44-32(33,34)35/h11-22H,7-10H2,1-6H3,(H,38,43). The molecule has 1 fully saturated rings. The van der Waals surface area contributed by atoms with Gasteiger partial charge in [0.25, 0.3) is 5.91 Å². The molecule has 2 unspecified atom stereocenters. The van der Waals surface area contributed by atoms with Crippen LogP contribution in [-0.4, -0.2) is 59.1 Å². The fourth-order valence-corrected chi connectivity index (χ4v) is 6.77. The van der Waals surface area contributed by atoms with Gasteiger partial charge in [-0.1, -0.05) is 13.8 Å². The van der Waals surface area contributed by atoms with Gasteiger partial charge in [-0.3, -0.25) is 14.8 Å². The number of pyridine rings is 2. The van der Waals surface area contributed by atoms with Gasteiger partial charge in [0, 0.05) is 55.3 Å². The molecule has 0 saturated carbocycles. The van der Waals surface area contributed by atoms with Crippen molar-refractivity contribution in [2.75, 3.05) is 40.9 Å². The second kappa shape index (κ2) is 13.5. The van der Waals surface area contributed by atoms with Crippen molar-refractivity contribution in [3.05, 3.63) is 72.3 Å². The van der Waals surface area contributed by atoms with E-state index in [-0.39, 0.29) is 22.3 Å². The number of imide groups is 1. The van der Waals surface area contributed by atoms with Crippen LogP contribution >= 0.6 is 11.8 Å². The number of carbonyl (C=O) groups excluding carboxylic acids is 2. The molecule has 3 amide bonds. The molecule has 3 heterocycles. The first-order valence-corrected chi connectivity index (χ1v) is 15.6. The number of rotatable bonds is 12. The lowest BCUT2D eigenvalue weighted by molar-refractivity contribution is -0.123. The van der Waals surface area contributed by atoms with Gasteiger partial charge in [-0.2, -0.15) is 13.2 Å². The fourth-order valence-electron chi connectivity index (χ4n) is 6.23. The Morgan fingerprint density at radius 3 is 1.68 bits per heavy atom. The molecular weight excluding hydrogens is 589 g/mol. The van der Waals surface area contributed by atoms with E-state index in [1.807, 2.05) is 53.7 Å². The van der Waals surface area contributed by atoms with Crippen molar-refractivity contribution in [3.63, 3.8) is 0 Å². The third-order valence-corrected chi connectivity index (χ3v) is 9.31. The number of nitrogens with one attached hydrogen (secondary N) is 1. The number of anilines is 3. The Hall–Kier alpha value is -3.80.